The molecule has 0 aliphatic carbocycles. The summed E-state index contributed by atoms with van der Waals surface area (Å²) in [4.78, 5) is 18.6. The zero-order valence-electron chi connectivity index (χ0n) is 14.4. The van der Waals surface area contributed by atoms with Gasteiger partial charge < -0.3 is 14.4 Å². The fourth-order valence-electron chi connectivity index (χ4n) is 3.94. The van der Waals surface area contributed by atoms with E-state index in [0.717, 1.165) is 31.4 Å². The largest absolute Gasteiger partial charge is 0.495 e. The van der Waals surface area contributed by atoms with Crippen LogP contribution in [0.1, 0.15) is 57.9 Å². The number of carbonyl (C=O) groups excluding carboxylic acids is 1. The monoisotopic (exact) mass is 318 g/mol. The van der Waals surface area contributed by atoms with Gasteiger partial charge in [-0.1, -0.05) is 0 Å². The van der Waals surface area contributed by atoms with Crippen LogP contribution in [0.5, 0.6) is 5.75 Å². The van der Waals surface area contributed by atoms with Crippen molar-refractivity contribution in [3.8, 4) is 5.75 Å². The Hall–Kier alpha value is -1.78. The first-order chi connectivity index (χ1) is 10.9. The van der Waals surface area contributed by atoms with Crippen molar-refractivity contribution in [3.05, 3.63) is 24.0 Å². The molecule has 2 atom stereocenters. The standard InChI is InChI=1S/C18H26N2O3/c1-18(2,3)23-17(21)20-13-5-6-14(20)10-12(9-13)15-7-8-19-11-16(15)22-4/h7-8,11-14H,5-6,9-10H2,1-4H3. The van der Waals surface area contributed by atoms with Gasteiger partial charge in [0, 0.05) is 23.8 Å². The molecule has 3 rings (SSSR count). The summed E-state index contributed by atoms with van der Waals surface area (Å²) in [6.07, 6.45) is 7.50. The first kappa shape index (κ1) is 16.1. The lowest BCUT2D eigenvalue weighted by atomic mass is 9.85. The van der Waals surface area contributed by atoms with Gasteiger partial charge in [-0.15, -0.1) is 0 Å². The Bertz CT molecular complexity index is 568. The van der Waals surface area contributed by atoms with Crippen LogP contribution in [0.3, 0.4) is 0 Å². The van der Waals surface area contributed by atoms with Crippen molar-refractivity contribution in [1.82, 2.24) is 9.88 Å². The Morgan fingerprint density at radius 2 is 1.91 bits per heavy atom. The Balaban J connectivity index is 1.76. The molecule has 2 aliphatic heterocycles. The highest BCUT2D eigenvalue weighted by Gasteiger charge is 2.45. The minimum Gasteiger partial charge on any atom is -0.495 e. The van der Waals surface area contributed by atoms with E-state index in [9.17, 15) is 4.79 Å². The van der Waals surface area contributed by atoms with E-state index in [-0.39, 0.29) is 18.2 Å². The first-order valence-corrected chi connectivity index (χ1v) is 8.38. The van der Waals surface area contributed by atoms with Crippen LogP contribution >= 0.6 is 0 Å². The van der Waals surface area contributed by atoms with Crippen molar-refractivity contribution in [2.24, 2.45) is 0 Å². The highest BCUT2D eigenvalue weighted by molar-refractivity contribution is 5.69. The van der Waals surface area contributed by atoms with Gasteiger partial charge in [-0.05, 0) is 58.4 Å². The molecule has 126 valence electrons. The number of rotatable bonds is 2. The molecule has 3 heterocycles. The Labute approximate surface area is 138 Å². The zero-order chi connectivity index (χ0) is 16.6. The second kappa shape index (κ2) is 6.02. The van der Waals surface area contributed by atoms with Gasteiger partial charge in [0.1, 0.15) is 11.4 Å². The summed E-state index contributed by atoms with van der Waals surface area (Å²) in [5, 5.41) is 0. The molecule has 2 fully saturated rings. The average molecular weight is 318 g/mol. The quantitative estimate of drug-likeness (QED) is 0.833. The van der Waals surface area contributed by atoms with Crippen molar-refractivity contribution < 1.29 is 14.3 Å². The van der Waals surface area contributed by atoms with Gasteiger partial charge in [0.05, 0.1) is 13.3 Å². The first-order valence-electron chi connectivity index (χ1n) is 8.38. The lowest BCUT2D eigenvalue weighted by molar-refractivity contribution is 0.00579. The van der Waals surface area contributed by atoms with Gasteiger partial charge >= 0.3 is 6.09 Å². The minimum atomic E-state index is -0.443. The van der Waals surface area contributed by atoms with Crippen LogP contribution in [0.15, 0.2) is 18.5 Å². The highest BCUT2D eigenvalue weighted by atomic mass is 16.6. The summed E-state index contributed by atoms with van der Waals surface area (Å²) in [5.74, 6) is 1.27. The number of methoxy groups -OCH3 is 1. The van der Waals surface area contributed by atoms with E-state index in [4.69, 9.17) is 9.47 Å². The summed E-state index contributed by atoms with van der Waals surface area (Å²) in [6, 6.07) is 2.59. The van der Waals surface area contributed by atoms with Crippen molar-refractivity contribution >= 4 is 6.09 Å². The lowest BCUT2D eigenvalue weighted by Gasteiger charge is -2.39. The number of pyridine rings is 1. The molecule has 1 aromatic rings. The number of aromatic nitrogens is 1. The van der Waals surface area contributed by atoms with Crippen LogP contribution in [0.25, 0.3) is 0 Å². The molecule has 0 saturated carbocycles. The van der Waals surface area contributed by atoms with Gasteiger partial charge in [-0.25, -0.2) is 4.79 Å². The second-order valence-electron chi connectivity index (χ2n) is 7.56. The summed E-state index contributed by atoms with van der Waals surface area (Å²) in [7, 11) is 1.69. The summed E-state index contributed by atoms with van der Waals surface area (Å²) in [6.45, 7) is 5.75. The topological polar surface area (TPSA) is 51.7 Å². The Kier molecular flexibility index (Phi) is 4.21. The molecule has 5 heteroatoms. The van der Waals surface area contributed by atoms with Crippen LogP contribution < -0.4 is 4.74 Å². The van der Waals surface area contributed by atoms with Crippen LogP contribution in [0, 0.1) is 0 Å². The zero-order valence-corrected chi connectivity index (χ0v) is 14.4. The molecule has 2 aliphatic rings. The predicted molar refractivity (Wildman–Crippen MR) is 87.6 cm³/mol. The number of carbonyl (C=O) groups is 1. The third kappa shape index (κ3) is 3.28. The minimum absolute atomic E-state index is 0.162. The third-order valence-corrected chi connectivity index (χ3v) is 4.81. The van der Waals surface area contributed by atoms with Crippen molar-refractivity contribution in [2.45, 2.75) is 70.1 Å². The number of hydrogen-bond acceptors (Lipinski definition) is 4. The Morgan fingerprint density at radius 3 is 2.48 bits per heavy atom. The number of ether oxygens (including phenoxy) is 2. The maximum atomic E-state index is 12.5. The molecule has 0 aromatic carbocycles. The van der Waals surface area contributed by atoms with E-state index in [1.807, 2.05) is 37.9 Å². The molecule has 5 nitrogen and oxygen atoms in total. The molecule has 1 aromatic heterocycles. The summed E-state index contributed by atoms with van der Waals surface area (Å²) >= 11 is 0. The molecule has 2 saturated heterocycles. The van der Waals surface area contributed by atoms with Crippen molar-refractivity contribution in [2.75, 3.05) is 7.11 Å². The molecule has 0 spiro atoms. The smallest absolute Gasteiger partial charge is 0.410 e. The molecule has 1 amide bonds. The molecular weight excluding hydrogens is 292 g/mol. The predicted octanol–water partition coefficient (Wildman–Crippen LogP) is 3.74. The second-order valence-corrected chi connectivity index (χ2v) is 7.56. The van der Waals surface area contributed by atoms with Crippen molar-refractivity contribution in [1.29, 1.82) is 0 Å². The van der Waals surface area contributed by atoms with E-state index in [2.05, 4.69) is 4.98 Å². The molecule has 23 heavy (non-hydrogen) atoms. The third-order valence-electron chi connectivity index (χ3n) is 4.81. The molecule has 2 unspecified atom stereocenters. The molecule has 0 N–H and O–H groups in total. The SMILES string of the molecule is COc1cnccc1C1CC2CCC(C1)N2C(=O)OC(C)(C)C. The molecular formula is C18H26N2O3. The fraction of sp³-hybridized carbons (Fsp3) is 0.667. The average Bonchev–Trinajstić information content (AvgIpc) is 2.76. The number of hydrogen-bond donors (Lipinski definition) is 0. The van der Waals surface area contributed by atoms with Crippen LogP contribution in [0.2, 0.25) is 0 Å². The van der Waals surface area contributed by atoms with Gasteiger partial charge in [-0.3, -0.25) is 4.98 Å². The normalized spacial score (nSPS) is 27.0. The summed E-state index contributed by atoms with van der Waals surface area (Å²) < 4.78 is 11.1. The lowest BCUT2D eigenvalue weighted by Crippen LogP contribution is -2.48. The molecule has 0 radical (unpaired) electrons. The van der Waals surface area contributed by atoms with Gasteiger partial charge in [0.2, 0.25) is 0 Å². The number of nitrogens with zero attached hydrogens (tertiary/aromatic N) is 2. The van der Waals surface area contributed by atoms with Gasteiger partial charge in [0.25, 0.3) is 0 Å². The van der Waals surface area contributed by atoms with Crippen LogP contribution in [-0.2, 0) is 4.74 Å². The molecule has 2 bridgehead atoms. The number of amides is 1. The number of piperidine rings is 1. The maximum absolute atomic E-state index is 12.5. The number of fused-ring (bicyclic) bond motifs is 2. The van der Waals surface area contributed by atoms with Gasteiger partial charge in [0.15, 0.2) is 0 Å². The maximum Gasteiger partial charge on any atom is 0.410 e. The van der Waals surface area contributed by atoms with Crippen molar-refractivity contribution in [3.63, 3.8) is 0 Å². The van der Waals surface area contributed by atoms with E-state index >= 15 is 0 Å². The van der Waals surface area contributed by atoms with Gasteiger partial charge in [-0.2, -0.15) is 0 Å². The van der Waals surface area contributed by atoms with Crippen LogP contribution in [-0.4, -0.2) is 40.8 Å². The van der Waals surface area contributed by atoms with E-state index < -0.39 is 5.60 Å². The highest BCUT2D eigenvalue weighted by Crippen LogP contribution is 2.45. The van der Waals surface area contributed by atoms with E-state index in [1.165, 1.54) is 5.56 Å². The van der Waals surface area contributed by atoms with E-state index in [1.54, 1.807) is 13.3 Å². The van der Waals surface area contributed by atoms with E-state index in [0.29, 0.717) is 5.92 Å². The fourth-order valence-corrected chi connectivity index (χ4v) is 3.94. The Morgan fingerprint density at radius 1 is 1.26 bits per heavy atom. The van der Waals surface area contributed by atoms with Crippen LogP contribution in [0.4, 0.5) is 4.79 Å². The summed E-state index contributed by atoms with van der Waals surface area (Å²) in [5.41, 5.74) is 0.769.